The Morgan fingerprint density at radius 1 is 1.07 bits per heavy atom. The molecule has 1 aliphatic carbocycles. The second kappa shape index (κ2) is 5.86. The van der Waals surface area contributed by atoms with Crippen molar-refractivity contribution in [2.24, 2.45) is 5.92 Å². The summed E-state index contributed by atoms with van der Waals surface area (Å²) in [5.74, 6) is 0.865. The maximum atomic E-state index is 5.38. The van der Waals surface area contributed by atoms with E-state index < -0.39 is 0 Å². The average molecular weight is 212 g/mol. The molecule has 0 spiro atoms. The Balaban J connectivity index is 0.000000114. The molecule has 0 amide bonds. The van der Waals surface area contributed by atoms with Crippen molar-refractivity contribution in [2.75, 3.05) is 13.2 Å². The highest BCUT2D eigenvalue weighted by Gasteiger charge is 2.33. The Bertz CT molecular complexity index is 156. The number of hydrogen-bond acceptors (Lipinski definition) is 2. The largest absolute Gasteiger partial charge is 0.381 e. The molecule has 15 heavy (non-hydrogen) atoms. The fraction of sp³-hybridized carbons (Fsp3) is 1.00. The zero-order valence-corrected chi connectivity index (χ0v) is 9.91. The zero-order chi connectivity index (χ0) is 10.5. The number of hydrogen-bond donors (Lipinski definition) is 0. The lowest BCUT2D eigenvalue weighted by molar-refractivity contribution is -0.155. The smallest absolute Gasteiger partial charge is 0.0603 e. The van der Waals surface area contributed by atoms with Crippen molar-refractivity contribution in [1.82, 2.24) is 0 Å². The fourth-order valence-corrected chi connectivity index (χ4v) is 2.63. The molecule has 0 aromatic heterocycles. The molecule has 0 aromatic rings. The van der Waals surface area contributed by atoms with Gasteiger partial charge in [0.05, 0.1) is 12.2 Å². The Kier molecular flexibility index (Phi) is 4.45. The summed E-state index contributed by atoms with van der Waals surface area (Å²) in [5.41, 5.74) is 0. The van der Waals surface area contributed by atoms with Gasteiger partial charge < -0.3 is 9.47 Å². The molecule has 2 bridgehead atoms. The van der Waals surface area contributed by atoms with Crippen LogP contribution in [0, 0.1) is 5.92 Å². The first-order chi connectivity index (χ1) is 7.38. The molecule has 2 heteroatoms. The third kappa shape index (κ3) is 3.46. The summed E-state index contributed by atoms with van der Waals surface area (Å²) in [5, 5.41) is 0. The van der Waals surface area contributed by atoms with E-state index in [0.717, 1.165) is 19.1 Å². The molecule has 2 nitrogen and oxygen atoms in total. The number of ether oxygens (including phenoxy) is 2. The van der Waals surface area contributed by atoms with E-state index in [1.54, 1.807) is 0 Å². The Morgan fingerprint density at radius 3 is 2.07 bits per heavy atom. The molecule has 3 aliphatic heterocycles. The summed E-state index contributed by atoms with van der Waals surface area (Å²) in [6.45, 7) is 4.24. The van der Waals surface area contributed by atoms with Crippen LogP contribution in [0.25, 0.3) is 0 Å². The third-order valence-electron chi connectivity index (χ3n) is 3.79. The molecular weight excluding hydrogens is 188 g/mol. The number of rotatable bonds is 1. The molecule has 4 rings (SSSR count). The quantitative estimate of drug-likeness (QED) is 0.664. The lowest BCUT2D eigenvalue weighted by Gasteiger charge is -2.41. The molecule has 4 fully saturated rings. The molecule has 4 aliphatic rings. The van der Waals surface area contributed by atoms with Gasteiger partial charge in [-0.2, -0.15) is 0 Å². The van der Waals surface area contributed by atoms with Gasteiger partial charge in [-0.15, -0.1) is 0 Å². The van der Waals surface area contributed by atoms with Gasteiger partial charge in [0.15, 0.2) is 0 Å². The summed E-state index contributed by atoms with van der Waals surface area (Å²) in [6.07, 6.45) is 10.7. The first kappa shape index (κ1) is 11.4. The lowest BCUT2D eigenvalue weighted by Crippen LogP contribution is -2.41. The Hall–Kier alpha value is -0.0800. The monoisotopic (exact) mass is 212 g/mol. The first-order valence-electron chi connectivity index (χ1n) is 6.61. The highest BCUT2D eigenvalue weighted by molar-refractivity contribution is 4.82. The molecule has 3 saturated heterocycles. The molecular formula is C13H24O2. The van der Waals surface area contributed by atoms with Crippen molar-refractivity contribution < 1.29 is 9.47 Å². The minimum absolute atomic E-state index is 0.679. The summed E-state index contributed by atoms with van der Waals surface area (Å²) in [4.78, 5) is 0. The van der Waals surface area contributed by atoms with Gasteiger partial charge >= 0.3 is 0 Å². The van der Waals surface area contributed by atoms with Crippen LogP contribution in [0.2, 0.25) is 0 Å². The van der Waals surface area contributed by atoms with Crippen molar-refractivity contribution in [1.29, 1.82) is 0 Å². The van der Waals surface area contributed by atoms with E-state index in [1.165, 1.54) is 44.9 Å². The normalized spacial score (nSPS) is 38.6. The van der Waals surface area contributed by atoms with Crippen LogP contribution >= 0.6 is 0 Å². The lowest BCUT2D eigenvalue weighted by atomic mass is 9.89. The maximum absolute atomic E-state index is 5.38. The van der Waals surface area contributed by atoms with Gasteiger partial charge in [-0.3, -0.25) is 0 Å². The van der Waals surface area contributed by atoms with Crippen LogP contribution < -0.4 is 0 Å². The molecule has 0 aromatic carbocycles. The predicted molar refractivity (Wildman–Crippen MR) is 61.0 cm³/mol. The molecule has 3 heterocycles. The second-order valence-electron chi connectivity index (χ2n) is 5.04. The van der Waals surface area contributed by atoms with Gasteiger partial charge in [0, 0.05) is 13.2 Å². The second-order valence-corrected chi connectivity index (χ2v) is 5.04. The van der Waals surface area contributed by atoms with Crippen LogP contribution in [0.4, 0.5) is 0 Å². The van der Waals surface area contributed by atoms with E-state index in [4.69, 9.17) is 9.47 Å². The minimum atomic E-state index is 0.679. The van der Waals surface area contributed by atoms with Gasteiger partial charge in [0.1, 0.15) is 0 Å². The Morgan fingerprint density at radius 2 is 1.80 bits per heavy atom. The molecule has 1 saturated carbocycles. The molecule has 0 N–H and O–H groups in total. The van der Waals surface area contributed by atoms with Crippen molar-refractivity contribution in [2.45, 2.75) is 64.1 Å². The maximum Gasteiger partial charge on any atom is 0.0603 e. The molecule has 3 unspecified atom stereocenters. The van der Waals surface area contributed by atoms with Crippen LogP contribution in [0.5, 0.6) is 0 Å². The SMILES string of the molecule is C1CC2CC(C1)O2.CCC1CCCOC1. The highest BCUT2D eigenvalue weighted by atomic mass is 16.5. The van der Waals surface area contributed by atoms with E-state index in [1.807, 2.05) is 0 Å². The predicted octanol–water partition coefficient (Wildman–Crippen LogP) is 3.15. The van der Waals surface area contributed by atoms with Crippen molar-refractivity contribution in [3.05, 3.63) is 0 Å². The molecule has 3 atom stereocenters. The highest BCUT2D eigenvalue weighted by Crippen LogP contribution is 2.33. The van der Waals surface area contributed by atoms with Crippen molar-refractivity contribution in [3.8, 4) is 0 Å². The topological polar surface area (TPSA) is 18.5 Å². The zero-order valence-electron chi connectivity index (χ0n) is 9.91. The van der Waals surface area contributed by atoms with E-state index >= 15 is 0 Å². The van der Waals surface area contributed by atoms with E-state index in [-0.39, 0.29) is 0 Å². The number of fused-ring (bicyclic) bond motifs is 2. The summed E-state index contributed by atoms with van der Waals surface area (Å²) in [6, 6.07) is 0. The molecule has 0 radical (unpaired) electrons. The van der Waals surface area contributed by atoms with Crippen LogP contribution in [0.1, 0.15) is 51.9 Å². The van der Waals surface area contributed by atoms with Crippen LogP contribution in [0.3, 0.4) is 0 Å². The third-order valence-corrected chi connectivity index (χ3v) is 3.79. The fourth-order valence-electron chi connectivity index (χ4n) is 2.63. The standard InChI is InChI=1S/C7H14O.C6H10O/c1-2-7-4-3-5-8-6-7;1-2-5-4-6(3-1)7-5/h7H,2-6H2,1H3;5-6H,1-4H2. The van der Waals surface area contributed by atoms with Crippen molar-refractivity contribution >= 4 is 0 Å². The van der Waals surface area contributed by atoms with Gasteiger partial charge in [-0.05, 0) is 44.4 Å². The van der Waals surface area contributed by atoms with Gasteiger partial charge in [0.2, 0.25) is 0 Å². The first-order valence-corrected chi connectivity index (χ1v) is 6.61. The van der Waals surface area contributed by atoms with Gasteiger partial charge in [-0.25, -0.2) is 0 Å². The average Bonchev–Trinajstić information content (AvgIpc) is 2.31. The summed E-state index contributed by atoms with van der Waals surface area (Å²) in [7, 11) is 0. The van der Waals surface area contributed by atoms with Crippen molar-refractivity contribution in [3.63, 3.8) is 0 Å². The van der Waals surface area contributed by atoms with Crippen LogP contribution in [0.15, 0.2) is 0 Å². The van der Waals surface area contributed by atoms with E-state index in [9.17, 15) is 0 Å². The Labute approximate surface area is 93.3 Å². The molecule has 88 valence electrons. The van der Waals surface area contributed by atoms with Crippen LogP contribution in [-0.4, -0.2) is 25.4 Å². The minimum Gasteiger partial charge on any atom is -0.381 e. The van der Waals surface area contributed by atoms with Gasteiger partial charge in [0.25, 0.3) is 0 Å². The van der Waals surface area contributed by atoms with E-state index in [0.29, 0.717) is 12.2 Å². The summed E-state index contributed by atoms with van der Waals surface area (Å²) >= 11 is 0. The van der Waals surface area contributed by atoms with Gasteiger partial charge in [-0.1, -0.05) is 13.3 Å². The van der Waals surface area contributed by atoms with Crippen LogP contribution in [-0.2, 0) is 9.47 Å². The van der Waals surface area contributed by atoms with E-state index in [2.05, 4.69) is 6.92 Å². The summed E-state index contributed by atoms with van der Waals surface area (Å²) < 4.78 is 10.6.